The average molecular weight is 574 g/mol. The first-order valence-electron chi connectivity index (χ1n) is 14.1. The number of fused-ring (bicyclic) bond motifs is 3. The third-order valence-electron chi connectivity index (χ3n) is 7.05. The quantitative estimate of drug-likeness (QED) is 0.0576. The SMILES string of the molecule is C=C/C=C(\C=C/C)COC(=O)c1cc(C)c(OC(=O)c2c3ccc(OCC)cc3[o+]c3cc4ccccc4cc23)c(C)c1. The number of hydrogen-bond donors (Lipinski definition) is 0. The molecule has 0 radical (unpaired) electrons. The van der Waals surface area contributed by atoms with Crippen molar-refractivity contribution in [2.75, 3.05) is 13.2 Å². The lowest BCUT2D eigenvalue weighted by molar-refractivity contribution is 0.0542. The molecule has 0 saturated carbocycles. The molecule has 0 bridgehead atoms. The Kier molecular flexibility index (Phi) is 8.67. The van der Waals surface area contributed by atoms with Crippen molar-refractivity contribution in [3.8, 4) is 11.5 Å². The summed E-state index contributed by atoms with van der Waals surface area (Å²) in [6.45, 7) is 11.7. The van der Waals surface area contributed by atoms with Crippen LogP contribution in [-0.2, 0) is 4.74 Å². The summed E-state index contributed by atoms with van der Waals surface area (Å²) in [6.07, 6.45) is 7.16. The van der Waals surface area contributed by atoms with Gasteiger partial charge in [-0.25, -0.2) is 14.0 Å². The smallest absolute Gasteiger partial charge is 0.365 e. The Morgan fingerprint density at radius 1 is 0.884 bits per heavy atom. The fourth-order valence-electron chi connectivity index (χ4n) is 5.16. The molecule has 0 atom stereocenters. The Hall–Kier alpha value is -5.23. The van der Waals surface area contributed by atoms with E-state index in [1.807, 2.05) is 74.5 Å². The Labute approximate surface area is 250 Å². The van der Waals surface area contributed by atoms with E-state index >= 15 is 0 Å². The molecular weight excluding hydrogens is 540 g/mol. The lowest BCUT2D eigenvalue weighted by Gasteiger charge is -2.14. The van der Waals surface area contributed by atoms with Crippen LogP contribution in [0.2, 0.25) is 0 Å². The number of rotatable bonds is 9. The van der Waals surface area contributed by atoms with Gasteiger partial charge in [-0.2, -0.15) is 0 Å². The lowest BCUT2D eigenvalue weighted by atomic mass is 10.0. The molecule has 216 valence electrons. The van der Waals surface area contributed by atoms with Gasteiger partial charge >= 0.3 is 23.1 Å². The lowest BCUT2D eigenvalue weighted by Crippen LogP contribution is -2.13. The van der Waals surface area contributed by atoms with Gasteiger partial charge in [0, 0.05) is 0 Å². The zero-order valence-electron chi connectivity index (χ0n) is 24.7. The van der Waals surface area contributed by atoms with Crippen LogP contribution in [0.25, 0.3) is 32.7 Å². The molecule has 1 aromatic heterocycles. The van der Waals surface area contributed by atoms with Gasteiger partial charge in [0.05, 0.1) is 40.6 Å². The summed E-state index contributed by atoms with van der Waals surface area (Å²) in [7, 11) is 0. The van der Waals surface area contributed by atoms with Crippen LogP contribution in [0, 0.1) is 13.8 Å². The van der Waals surface area contributed by atoms with E-state index in [9.17, 15) is 9.59 Å². The van der Waals surface area contributed by atoms with Crippen LogP contribution in [0.4, 0.5) is 0 Å². The molecule has 0 unspecified atom stereocenters. The highest BCUT2D eigenvalue weighted by molar-refractivity contribution is 6.16. The second kappa shape index (κ2) is 12.7. The molecule has 0 amide bonds. The van der Waals surface area contributed by atoms with Crippen molar-refractivity contribution in [2.24, 2.45) is 0 Å². The summed E-state index contributed by atoms with van der Waals surface area (Å²) >= 11 is 0. The number of benzene rings is 4. The minimum Gasteiger partial charge on any atom is -0.494 e. The van der Waals surface area contributed by atoms with Gasteiger partial charge in [-0.05, 0) is 85.5 Å². The van der Waals surface area contributed by atoms with Gasteiger partial charge in [-0.1, -0.05) is 55.1 Å². The third-order valence-corrected chi connectivity index (χ3v) is 7.05. The Balaban J connectivity index is 1.53. The molecule has 6 heteroatoms. The standard InChI is InChI=1S/C37H33O6/c1-6-11-25(12-7-2)22-41-36(38)28-17-23(4)35(24(5)18-28)43-37(39)34-30-16-15-29(40-8-3)21-33(30)42-32-20-27-14-10-9-13-26(27)19-31(32)34/h6-7,9-21H,1,8,22H2,2-5H3/q+1/b12-7-,25-11+. The van der Waals surface area contributed by atoms with Crippen LogP contribution in [0.5, 0.6) is 11.5 Å². The van der Waals surface area contributed by atoms with Crippen molar-refractivity contribution in [3.63, 3.8) is 0 Å². The van der Waals surface area contributed by atoms with E-state index in [1.165, 1.54) is 0 Å². The van der Waals surface area contributed by atoms with E-state index in [1.54, 1.807) is 44.2 Å². The molecule has 0 aliphatic carbocycles. The summed E-state index contributed by atoms with van der Waals surface area (Å²) in [5, 5.41) is 3.21. The number of carbonyl (C=O) groups excluding carboxylic acids is 2. The second-order valence-electron chi connectivity index (χ2n) is 10.1. The first kappa shape index (κ1) is 29.3. The van der Waals surface area contributed by atoms with Crippen LogP contribution in [0.3, 0.4) is 0 Å². The zero-order chi connectivity index (χ0) is 30.5. The van der Waals surface area contributed by atoms with Gasteiger partial charge in [0.1, 0.15) is 18.1 Å². The van der Waals surface area contributed by atoms with Gasteiger partial charge in [0.15, 0.2) is 0 Å². The Bertz CT molecular complexity index is 1920. The highest BCUT2D eigenvalue weighted by Gasteiger charge is 2.27. The van der Waals surface area contributed by atoms with E-state index in [4.69, 9.17) is 18.6 Å². The molecule has 0 spiro atoms. The number of ether oxygens (including phenoxy) is 3. The fraction of sp³-hybridized carbons (Fsp3) is 0.162. The molecule has 43 heavy (non-hydrogen) atoms. The van der Waals surface area contributed by atoms with Gasteiger partial charge < -0.3 is 14.2 Å². The molecule has 0 saturated heterocycles. The molecule has 0 N–H and O–H groups in total. The maximum absolute atomic E-state index is 14.0. The number of aryl methyl sites for hydroxylation is 2. The van der Waals surface area contributed by atoms with Crippen molar-refractivity contribution >= 4 is 44.6 Å². The van der Waals surface area contributed by atoms with E-state index in [2.05, 4.69) is 6.58 Å². The molecule has 6 nitrogen and oxygen atoms in total. The number of hydrogen-bond acceptors (Lipinski definition) is 5. The molecule has 0 aliphatic heterocycles. The maximum atomic E-state index is 14.0. The predicted octanol–water partition coefficient (Wildman–Crippen LogP) is 9.10. The molecule has 4 aromatic carbocycles. The number of allylic oxidation sites excluding steroid dienone is 3. The molecule has 5 aromatic rings. The number of carbonyl (C=O) groups is 2. The van der Waals surface area contributed by atoms with Gasteiger partial charge in [-0.15, -0.1) is 0 Å². The first-order valence-corrected chi connectivity index (χ1v) is 14.1. The minimum atomic E-state index is -0.530. The highest BCUT2D eigenvalue weighted by atomic mass is 16.5. The predicted molar refractivity (Wildman–Crippen MR) is 171 cm³/mol. The van der Waals surface area contributed by atoms with Crippen molar-refractivity contribution in [1.29, 1.82) is 0 Å². The third kappa shape index (κ3) is 6.19. The van der Waals surface area contributed by atoms with Gasteiger partial charge in [0.25, 0.3) is 0 Å². The van der Waals surface area contributed by atoms with Crippen molar-refractivity contribution < 1.29 is 28.2 Å². The van der Waals surface area contributed by atoms with E-state index in [-0.39, 0.29) is 6.61 Å². The van der Waals surface area contributed by atoms with E-state index in [0.29, 0.717) is 62.3 Å². The Morgan fingerprint density at radius 2 is 1.58 bits per heavy atom. The highest BCUT2D eigenvalue weighted by Crippen LogP contribution is 2.35. The summed E-state index contributed by atoms with van der Waals surface area (Å²) in [5.41, 5.74) is 3.91. The first-order chi connectivity index (χ1) is 20.8. The zero-order valence-corrected chi connectivity index (χ0v) is 24.7. The van der Waals surface area contributed by atoms with Crippen molar-refractivity contribution in [2.45, 2.75) is 27.7 Å². The Morgan fingerprint density at radius 3 is 2.26 bits per heavy atom. The van der Waals surface area contributed by atoms with Gasteiger partial charge in [0.2, 0.25) is 0 Å². The fourth-order valence-corrected chi connectivity index (χ4v) is 5.16. The summed E-state index contributed by atoms with van der Waals surface area (Å²) < 4.78 is 23.6. The number of esters is 2. The van der Waals surface area contributed by atoms with Crippen molar-refractivity contribution in [3.05, 3.63) is 125 Å². The minimum absolute atomic E-state index is 0.114. The molecule has 0 fully saturated rings. The molecule has 0 aliphatic rings. The van der Waals surface area contributed by atoms with Crippen LogP contribution in [0.15, 0.2) is 108 Å². The maximum Gasteiger partial charge on any atom is 0.365 e. The largest absolute Gasteiger partial charge is 0.494 e. The topological polar surface area (TPSA) is 73.1 Å². The summed E-state index contributed by atoms with van der Waals surface area (Å²) in [6, 6.07) is 20.5. The van der Waals surface area contributed by atoms with E-state index < -0.39 is 11.9 Å². The average Bonchev–Trinajstić information content (AvgIpc) is 2.99. The summed E-state index contributed by atoms with van der Waals surface area (Å²) in [4.78, 5) is 26.9. The summed E-state index contributed by atoms with van der Waals surface area (Å²) in [5.74, 6) is 0.0289. The van der Waals surface area contributed by atoms with E-state index in [0.717, 1.165) is 16.3 Å². The second-order valence-corrected chi connectivity index (χ2v) is 10.1. The monoisotopic (exact) mass is 573 g/mol. The van der Waals surface area contributed by atoms with Crippen LogP contribution in [0.1, 0.15) is 45.7 Å². The van der Waals surface area contributed by atoms with Crippen LogP contribution >= 0.6 is 0 Å². The van der Waals surface area contributed by atoms with Crippen LogP contribution in [-0.4, -0.2) is 25.2 Å². The molecular formula is C37H33O6+. The van der Waals surface area contributed by atoms with Crippen LogP contribution < -0.4 is 9.47 Å². The van der Waals surface area contributed by atoms with Crippen molar-refractivity contribution in [1.82, 2.24) is 0 Å². The van der Waals surface area contributed by atoms with Gasteiger partial charge in [-0.3, -0.25) is 0 Å². The molecule has 5 rings (SSSR count). The molecule has 1 heterocycles. The normalized spacial score (nSPS) is 11.8.